The van der Waals surface area contributed by atoms with Crippen LogP contribution in [0.25, 0.3) is 0 Å². The molecule has 1 saturated heterocycles. The maximum Gasteiger partial charge on any atom is 0.119 e. The Morgan fingerprint density at radius 2 is 1.78 bits per heavy atom. The van der Waals surface area contributed by atoms with Crippen LogP contribution in [-0.2, 0) is 0 Å². The van der Waals surface area contributed by atoms with Crippen molar-refractivity contribution in [3.8, 4) is 5.75 Å². The van der Waals surface area contributed by atoms with E-state index in [-0.39, 0.29) is 6.61 Å². The van der Waals surface area contributed by atoms with Crippen LogP contribution in [0.4, 0.5) is 0 Å². The van der Waals surface area contributed by atoms with Crippen molar-refractivity contribution >= 4 is 0 Å². The molecule has 102 valence electrons. The third-order valence-corrected chi connectivity index (χ3v) is 3.05. The number of hydrogen-bond acceptors (Lipinski definition) is 4. The summed E-state index contributed by atoms with van der Waals surface area (Å²) in [5.41, 5.74) is 1.40. The van der Waals surface area contributed by atoms with Gasteiger partial charge in [0.2, 0.25) is 0 Å². The standard InChI is InChI=1S/C13H19NO2.CH4O/c15-9-10-16-13-3-1-11(2-4-13)12-5-7-14-8-6-12;1-2/h1-4,12,14-15H,5-10H2;2H,1H3. The van der Waals surface area contributed by atoms with E-state index in [4.69, 9.17) is 14.9 Å². The predicted molar refractivity (Wildman–Crippen MR) is 72.0 cm³/mol. The molecule has 0 radical (unpaired) electrons. The highest BCUT2D eigenvalue weighted by atomic mass is 16.5. The van der Waals surface area contributed by atoms with Gasteiger partial charge in [-0.15, -0.1) is 0 Å². The molecule has 4 heteroatoms. The highest BCUT2D eigenvalue weighted by molar-refractivity contribution is 5.29. The minimum atomic E-state index is 0.0655. The van der Waals surface area contributed by atoms with E-state index in [1.165, 1.54) is 18.4 Å². The minimum Gasteiger partial charge on any atom is -0.491 e. The Morgan fingerprint density at radius 1 is 1.17 bits per heavy atom. The van der Waals surface area contributed by atoms with Crippen molar-refractivity contribution in [1.82, 2.24) is 5.32 Å². The van der Waals surface area contributed by atoms with Gasteiger partial charge < -0.3 is 20.3 Å². The number of hydrogen-bond donors (Lipinski definition) is 3. The number of ether oxygens (including phenoxy) is 1. The zero-order chi connectivity index (χ0) is 13.2. The van der Waals surface area contributed by atoms with E-state index in [1.807, 2.05) is 12.1 Å². The summed E-state index contributed by atoms with van der Waals surface area (Å²) in [7, 11) is 1.00. The smallest absolute Gasteiger partial charge is 0.119 e. The number of aliphatic hydroxyl groups excluding tert-OH is 2. The first-order valence-corrected chi connectivity index (χ1v) is 6.39. The Kier molecular flexibility index (Phi) is 7.41. The molecule has 18 heavy (non-hydrogen) atoms. The quantitative estimate of drug-likeness (QED) is 0.753. The molecule has 1 aliphatic rings. The summed E-state index contributed by atoms with van der Waals surface area (Å²) in [6, 6.07) is 8.27. The number of nitrogens with one attached hydrogen (secondary N) is 1. The van der Waals surface area contributed by atoms with Crippen LogP contribution >= 0.6 is 0 Å². The van der Waals surface area contributed by atoms with E-state index < -0.39 is 0 Å². The maximum atomic E-state index is 8.65. The summed E-state index contributed by atoms with van der Waals surface area (Å²) in [5, 5.41) is 19.0. The average molecular weight is 253 g/mol. The summed E-state index contributed by atoms with van der Waals surface area (Å²) >= 11 is 0. The first-order chi connectivity index (χ1) is 8.90. The highest BCUT2D eigenvalue weighted by Gasteiger charge is 2.14. The Hall–Kier alpha value is -1.10. The van der Waals surface area contributed by atoms with Crippen LogP contribution in [0.15, 0.2) is 24.3 Å². The molecular weight excluding hydrogens is 230 g/mol. The third-order valence-electron chi connectivity index (χ3n) is 3.05. The molecule has 0 spiro atoms. The molecule has 4 nitrogen and oxygen atoms in total. The van der Waals surface area contributed by atoms with Gasteiger partial charge in [0.25, 0.3) is 0 Å². The molecule has 3 N–H and O–H groups in total. The summed E-state index contributed by atoms with van der Waals surface area (Å²) < 4.78 is 5.34. The molecule has 1 aromatic rings. The topological polar surface area (TPSA) is 61.7 Å². The Labute approximate surface area is 109 Å². The lowest BCUT2D eigenvalue weighted by atomic mass is 9.90. The lowest BCUT2D eigenvalue weighted by Gasteiger charge is -2.23. The molecule has 1 aromatic carbocycles. The van der Waals surface area contributed by atoms with Crippen molar-refractivity contribution in [2.45, 2.75) is 18.8 Å². The third kappa shape index (κ3) is 4.64. The van der Waals surface area contributed by atoms with Gasteiger partial charge in [0.1, 0.15) is 12.4 Å². The maximum absolute atomic E-state index is 8.65. The van der Waals surface area contributed by atoms with Crippen molar-refractivity contribution in [2.75, 3.05) is 33.4 Å². The van der Waals surface area contributed by atoms with Crippen LogP contribution in [-0.4, -0.2) is 43.6 Å². The molecule has 1 fully saturated rings. The highest BCUT2D eigenvalue weighted by Crippen LogP contribution is 2.26. The zero-order valence-corrected chi connectivity index (χ0v) is 10.9. The fraction of sp³-hybridized carbons (Fsp3) is 0.571. The number of aliphatic hydroxyl groups is 2. The second-order valence-electron chi connectivity index (χ2n) is 4.17. The molecule has 0 unspecified atom stereocenters. The predicted octanol–water partition coefficient (Wildman–Crippen LogP) is 1.13. The number of piperidine rings is 1. The Bertz CT molecular complexity index is 307. The van der Waals surface area contributed by atoms with Crippen LogP contribution in [0, 0.1) is 0 Å². The Morgan fingerprint density at radius 3 is 2.33 bits per heavy atom. The van der Waals surface area contributed by atoms with Gasteiger partial charge in [-0.05, 0) is 49.5 Å². The monoisotopic (exact) mass is 253 g/mol. The molecule has 0 aromatic heterocycles. The van der Waals surface area contributed by atoms with Crippen molar-refractivity contribution in [3.63, 3.8) is 0 Å². The normalized spacial score (nSPS) is 15.7. The minimum absolute atomic E-state index is 0.0655. The van der Waals surface area contributed by atoms with Gasteiger partial charge in [0.05, 0.1) is 6.61 Å². The lowest BCUT2D eigenvalue weighted by molar-refractivity contribution is 0.201. The fourth-order valence-corrected chi connectivity index (χ4v) is 2.15. The molecule has 0 amide bonds. The molecule has 0 bridgehead atoms. The van der Waals surface area contributed by atoms with E-state index in [1.54, 1.807) is 0 Å². The van der Waals surface area contributed by atoms with Crippen molar-refractivity contribution in [1.29, 1.82) is 0 Å². The van der Waals surface area contributed by atoms with Gasteiger partial charge in [-0.2, -0.15) is 0 Å². The molecule has 1 aliphatic heterocycles. The second-order valence-corrected chi connectivity index (χ2v) is 4.17. The molecule has 2 rings (SSSR count). The van der Waals surface area contributed by atoms with Crippen molar-refractivity contribution in [3.05, 3.63) is 29.8 Å². The summed E-state index contributed by atoms with van der Waals surface area (Å²) in [5.74, 6) is 1.53. The van der Waals surface area contributed by atoms with Crippen LogP contribution in [0.5, 0.6) is 5.75 Å². The zero-order valence-electron chi connectivity index (χ0n) is 10.9. The first kappa shape index (κ1) is 15.0. The van der Waals surface area contributed by atoms with Gasteiger partial charge in [-0.1, -0.05) is 12.1 Å². The van der Waals surface area contributed by atoms with Crippen molar-refractivity contribution in [2.24, 2.45) is 0 Å². The van der Waals surface area contributed by atoms with E-state index in [9.17, 15) is 0 Å². The van der Waals surface area contributed by atoms with Gasteiger partial charge in [-0.3, -0.25) is 0 Å². The summed E-state index contributed by atoms with van der Waals surface area (Å²) in [6.07, 6.45) is 2.44. The molecule has 1 heterocycles. The van der Waals surface area contributed by atoms with Crippen molar-refractivity contribution < 1.29 is 14.9 Å². The Balaban J connectivity index is 0.000000771. The van der Waals surface area contributed by atoms with Crippen LogP contribution in [0.2, 0.25) is 0 Å². The number of rotatable bonds is 4. The van der Waals surface area contributed by atoms with Crippen LogP contribution in [0.3, 0.4) is 0 Å². The summed E-state index contributed by atoms with van der Waals surface area (Å²) in [6.45, 7) is 2.67. The largest absolute Gasteiger partial charge is 0.491 e. The second kappa shape index (κ2) is 8.91. The van der Waals surface area contributed by atoms with Crippen LogP contribution < -0.4 is 10.1 Å². The van der Waals surface area contributed by atoms with Gasteiger partial charge in [-0.25, -0.2) is 0 Å². The molecule has 0 saturated carbocycles. The number of benzene rings is 1. The molecule has 0 atom stereocenters. The van der Waals surface area contributed by atoms with Crippen LogP contribution in [0.1, 0.15) is 24.3 Å². The van der Waals surface area contributed by atoms with Gasteiger partial charge in [0.15, 0.2) is 0 Å². The van der Waals surface area contributed by atoms with E-state index in [0.29, 0.717) is 12.5 Å². The SMILES string of the molecule is CO.OCCOc1ccc(C2CCNCC2)cc1. The van der Waals surface area contributed by atoms with E-state index >= 15 is 0 Å². The fourth-order valence-electron chi connectivity index (χ4n) is 2.15. The van der Waals surface area contributed by atoms with E-state index in [0.717, 1.165) is 25.9 Å². The van der Waals surface area contributed by atoms with Gasteiger partial charge >= 0.3 is 0 Å². The van der Waals surface area contributed by atoms with Gasteiger partial charge in [0, 0.05) is 7.11 Å². The summed E-state index contributed by atoms with van der Waals surface area (Å²) in [4.78, 5) is 0. The molecule has 0 aliphatic carbocycles. The average Bonchev–Trinajstić information content (AvgIpc) is 2.49. The molecular formula is C14H23NO3. The van der Waals surface area contributed by atoms with E-state index in [2.05, 4.69) is 17.4 Å². The lowest BCUT2D eigenvalue weighted by Crippen LogP contribution is -2.26. The first-order valence-electron chi connectivity index (χ1n) is 6.39.